The van der Waals surface area contributed by atoms with Crippen LogP contribution in [0.25, 0.3) is 0 Å². The Bertz CT molecular complexity index is 636. The molecule has 29 heavy (non-hydrogen) atoms. The first kappa shape index (κ1) is 20.7. The number of anilines is 1. The van der Waals surface area contributed by atoms with Crippen LogP contribution in [-0.4, -0.2) is 55.7 Å². The highest BCUT2D eigenvalue weighted by atomic mass is 16.5. The Hall–Kier alpha value is -1.59. The van der Waals surface area contributed by atoms with Crippen LogP contribution in [0.3, 0.4) is 0 Å². The second kappa shape index (κ2) is 10.4. The van der Waals surface area contributed by atoms with Crippen LogP contribution >= 0.6 is 0 Å². The largest absolute Gasteiger partial charge is 0.494 e. The zero-order valence-corrected chi connectivity index (χ0v) is 17.8. The molecule has 0 radical (unpaired) electrons. The molecule has 1 N–H and O–H groups in total. The average molecular weight is 400 g/mol. The van der Waals surface area contributed by atoms with Crippen molar-refractivity contribution in [1.29, 1.82) is 0 Å². The van der Waals surface area contributed by atoms with E-state index in [9.17, 15) is 4.79 Å². The van der Waals surface area contributed by atoms with Gasteiger partial charge in [0.2, 0.25) is 5.91 Å². The van der Waals surface area contributed by atoms with Crippen LogP contribution < -0.4 is 15.0 Å². The molecule has 160 valence electrons. The van der Waals surface area contributed by atoms with Gasteiger partial charge in [-0.25, -0.2) is 0 Å². The van der Waals surface area contributed by atoms with Crippen molar-refractivity contribution in [2.75, 3.05) is 37.7 Å². The molecule has 4 rings (SSSR count). The number of likely N-dealkylation sites (tertiary alicyclic amines) is 1. The van der Waals surface area contributed by atoms with Gasteiger partial charge in [0.1, 0.15) is 5.75 Å². The first-order valence-corrected chi connectivity index (χ1v) is 11.8. The molecule has 2 aliphatic heterocycles. The topological polar surface area (TPSA) is 44.8 Å². The zero-order valence-electron chi connectivity index (χ0n) is 17.8. The van der Waals surface area contributed by atoms with E-state index in [0.29, 0.717) is 12.5 Å². The van der Waals surface area contributed by atoms with Crippen LogP contribution in [0.5, 0.6) is 5.75 Å². The molecular formula is C24H37N3O2. The van der Waals surface area contributed by atoms with Crippen molar-refractivity contribution in [3.05, 3.63) is 24.3 Å². The lowest BCUT2D eigenvalue weighted by molar-refractivity contribution is -0.117. The van der Waals surface area contributed by atoms with Gasteiger partial charge < -0.3 is 19.9 Å². The van der Waals surface area contributed by atoms with E-state index in [-0.39, 0.29) is 11.9 Å². The Labute approximate surface area is 175 Å². The SMILES string of the molecule is O=C1CC[C@@H](CNC2CCCC2)N1c1ccc(OCCCN2CCCCC2)cc1. The van der Waals surface area contributed by atoms with Gasteiger partial charge in [-0.1, -0.05) is 19.3 Å². The number of ether oxygens (including phenoxy) is 1. The maximum Gasteiger partial charge on any atom is 0.227 e. The number of carbonyl (C=O) groups is 1. The Morgan fingerprint density at radius 1 is 0.966 bits per heavy atom. The predicted molar refractivity (Wildman–Crippen MR) is 118 cm³/mol. The predicted octanol–water partition coefficient (Wildman–Crippen LogP) is 3.97. The Morgan fingerprint density at radius 3 is 2.48 bits per heavy atom. The second-order valence-electron chi connectivity index (χ2n) is 8.94. The van der Waals surface area contributed by atoms with Gasteiger partial charge in [0, 0.05) is 37.3 Å². The summed E-state index contributed by atoms with van der Waals surface area (Å²) in [4.78, 5) is 17.0. The second-order valence-corrected chi connectivity index (χ2v) is 8.94. The number of hydrogen-bond acceptors (Lipinski definition) is 4. The lowest BCUT2D eigenvalue weighted by atomic mass is 10.1. The van der Waals surface area contributed by atoms with Gasteiger partial charge >= 0.3 is 0 Å². The van der Waals surface area contributed by atoms with E-state index < -0.39 is 0 Å². The molecule has 0 unspecified atom stereocenters. The number of carbonyl (C=O) groups excluding carboxylic acids is 1. The van der Waals surface area contributed by atoms with Crippen molar-refractivity contribution in [3.63, 3.8) is 0 Å². The van der Waals surface area contributed by atoms with Crippen molar-refractivity contribution >= 4 is 11.6 Å². The molecule has 1 aromatic rings. The summed E-state index contributed by atoms with van der Waals surface area (Å²) in [5.41, 5.74) is 1.01. The van der Waals surface area contributed by atoms with Gasteiger partial charge in [-0.05, 0) is 75.9 Å². The van der Waals surface area contributed by atoms with Gasteiger partial charge in [-0.15, -0.1) is 0 Å². The van der Waals surface area contributed by atoms with Crippen LogP contribution in [0, 0.1) is 0 Å². The summed E-state index contributed by atoms with van der Waals surface area (Å²) in [6.45, 7) is 5.29. The number of benzene rings is 1. The van der Waals surface area contributed by atoms with Crippen molar-refractivity contribution < 1.29 is 9.53 Å². The molecule has 2 saturated heterocycles. The van der Waals surface area contributed by atoms with E-state index >= 15 is 0 Å². The smallest absolute Gasteiger partial charge is 0.227 e. The van der Waals surface area contributed by atoms with E-state index in [1.54, 1.807) is 0 Å². The van der Waals surface area contributed by atoms with Crippen LogP contribution in [0.1, 0.15) is 64.2 Å². The van der Waals surface area contributed by atoms with Crippen LogP contribution in [-0.2, 0) is 4.79 Å². The monoisotopic (exact) mass is 399 g/mol. The summed E-state index contributed by atoms with van der Waals surface area (Å²) >= 11 is 0. The molecule has 5 heteroatoms. The van der Waals surface area contributed by atoms with Gasteiger partial charge in [0.05, 0.1) is 6.61 Å². The van der Waals surface area contributed by atoms with Crippen LogP contribution in [0.15, 0.2) is 24.3 Å². The summed E-state index contributed by atoms with van der Waals surface area (Å²) in [6, 6.07) is 9.05. The van der Waals surface area contributed by atoms with Gasteiger partial charge in [0.15, 0.2) is 0 Å². The number of nitrogens with one attached hydrogen (secondary N) is 1. The van der Waals surface area contributed by atoms with Gasteiger partial charge in [-0.2, -0.15) is 0 Å². The minimum absolute atomic E-state index is 0.249. The molecule has 1 amide bonds. The van der Waals surface area contributed by atoms with E-state index in [0.717, 1.165) is 44.0 Å². The molecule has 0 bridgehead atoms. The summed E-state index contributed by atoms with van der Waals surface area (Å²) < 4.78 is 5.94. The molecule has 3 aliphatic rings. The average Bonchev–Trinajstić information content (AvgIpc) is 3.41. The fraction of sp³-hybridized carbons (Fsp3) is 0.708. The Kier molecular flexibility index (Phi) is 7.44. The minimum Gasteiger partial charge on any atom is -0.494 e. The van der Waals surface area contributed by atoms with Gasteiger partial charge in [-0.3, -0.25) is 4.79 Å². The number of piperidine rings is 1. The first-order chi connectivity index (χ1) is 14.3. The van der Waals surface area contributed by atoms with Crippen molar-refractivity contribution in [1.82, 2.24) is 10.2 Å². The highest BCUT2D eigenvalue weighted by molar-refractivity contribution is 5.96. The third kappa shape index (κ3) is 5.73. The molecule has 1 saturated carbocycles. The molecule has 0 spiro atoms. The normalized spacial score (nSPS) is 23.8. The van der Waals surface area contributed by atoms with E-state index in [1.807, 2.05) is 29.2 Å². The Morgan fingerprint density at radius 2 is 1.72 bits per heavy atom. The highest BCUT2D eigenvalue weighted by Crippen LogP contribution is 2.28. The summed E-state index contributed by atoms with van der Waals surface area (Å²) in [6.07, 6.45) is 12.0. The number of rotatable bonds is 9. The summed E-state index contributed by atoms with van der Waals surface area (Å²) in [7, 11) is 0. The fourth-order valence-corrected chi connectivity index (χ4v) is 5.09. The summed E-state index contributed by atoms with van der Waals surface area (Å²) in [5.74, 6) is 1.15. The van der Waals surface area contributed by atoms with E-state index in [2.05, 4.69) is 10.2 Å². The fourth-order valence-electron chi connectivity index (χ4n) is 5.09. The molecule has 1 aliphatic carbocycles. The zero-order chi connectivity index (χ0) is 19.9. The quantitative estimate of drug-likeness (QED) is 0.638. The molecule has 0 aromatic heterocycles. The third-order valence-electron chi connectivity index (χ3n) is 6.77. The highest BCUT2D eigenvalue weighted by Gasteiger charge is 2.32. The molecule has 3 fully saturated rings. The Balaban J connectivity index is 1.24. The van der Waals surface area contributed by atoms with Crippen molar-refractivity contribution in [2.24, 2.45) is 0 Å². The molecule has 2 heterocycles. The number of nitrogens with zero attached hydrogens (tertiary/aromatic N) is 2. The van der Waals surface area contributed by atoms with Crippen LogP contribution in [0.4, 0.5) is 5.69 Å². The lowest BCUT2D eigenvalue weighted by Crippen LogP contribution is -2.42. The number of hydrogen-bond donors (Lipinski definition) is 1. The summed E-state index contributed by atoms with van der Waals surface area (Å²) in [5, 5.41) is 3.69. The standard InChI is InChI=1S/C24H37N3O2/c28-24-14-11-22(19-25-20-7-2-3-8-20)27(24)21-9-12-23(13-10-21)29-18-6-17-26-15-4-1-5-16-26/h9-10,12-13,20,22,25H,1-8,11,14-19H2/t22-/m0/s1. The van der Waals surface area contributed by atoms with Crippen molar-refractivity contribution in [2.45, 2.75) is 76.3 Å². The maximum atomic E-state index is 12.5. The molecule has 1 atom stereocenters. The first-order valence-electron chi connectivity index (χ1n) is 11.8. The minimum atomic E-state index is 0.249. The van der Waals surface area contributed by atoms with E-state index in [4.69, 9.17) is 4.74 Å². The molecular weight excluding hydrogens is 362 g/mol. The molecule has 1 aromatic carbocycles. The maximum absolute atomic E-state index is 12.5. The third-order valence-corrected chi connectivity index (χ3v) is 6.77. The number of amides is 1. The van der Waals surface area contributed by atoms with Crippen LogP contribution in [0.2, 0.25) is 0 Å². The van der Waals surface area contributed by atoms with E-state index in [1.165, 1.54) is 58.0 Å². The van der Waals surface area contributed by atoms with Gasteiger partial charge in [0.25, 0.3) is 0 Å². The molecule has 5 nitrogen and oxygen atoms in total. The van der Waals surface area contributed by atoms with Crippen molar-refractivity contribution in [3.8, 4) is 5.75 Å². The lowest BCUT2D eigenvalue weighted by Gasteiger charge is -2.27.